The number of ether oxygens (including phenoxy) is 1. The Labute approximate surface area is 110 Å². The van der Waals surface area contributed by atoms with Crippen molar-refractivity contribution in [2.24, 2.45) is 11.5 Å². The standard InChI is InChI=1S/C6H18N4.C3H3N.C3H6O/c7-1-3-9-5-6-10-4-2-8;1-2-3-4;1-3-2-4-3/h9-10H,1-8H2;2H,1H2;3H,2H2,1H3. The molecule has 0 spiro atoms. The van der Waals surface area contributed by atoms with Crippen LogP contribution in [0.2, 0.25) is 0 Å². The van der Waals surface area contributed by atoms with Crippen molar-refractivity contribution in [3.63, 3.8) is 0 Å². The smallest absolute Gasteiger partial charge is 0.0905 e. The van der Waals surface area contributed by atoms with Crippen LogP contribution in [0.15, 0.2) is 12.7 Å². The second-order valence-corrected chi connectivity index (χ2v) is 3.55. The molecular formula is C12H27N5O. The van der Waals surface area contributed by atoms with E-state index >= 15 is 0 Å². The molecule has 1 atom stereocenters. The zero-order chi connectivity index (χ0) is 14.1. The number of allylic oxidation sites excluding steroid dienone is 1. The van der Waals surface area contributed by atoms with Gasteiger partial charge in [-0.15, -0.1) is 0 Å². The monoisotopic (exact) mass is 257 g/mol. The molecule has 0 saturated carbocycles. The molecule has 1 heterocycles. The summed E-state index contributed by atoms with van der Waals surface area (Å²) in [4.78, 5) is 0. The highest BCUT2D eigenvalue weighted by Gasteiger charge is 2.13. The fourth-order valence-corrected chi connectivity index (χ4v) is 0.727. The Morgan fingerprint density at radius 2 is 1.61 bits per heavy atom. The lowest BCUT2D eigenvalue weighted by molar-refractivity contribution is 0.423. The third kappa shape index (κ3) is 29.4. The van der Waals surface area contributed by atoms with Gasteiger partial charge in [-0.2, -0.15) is 5.26 Å². The van der Waals surface area contributed by atoms with Crippen LogP contribution in [-0.4, -0.2) is 52.0 Å². The first-order chi connectivity index (χ1) is 8.72. The van der Waals surface area contributed by atoms with Crippen LogP contribution in [0.1, 0.15) is 6.92 Å². The average Bonchev–Trinajstić information content (AvgIpc) is 3.17. The minimum absolute atomic E-state index is 0.583. The summed E-state index contributed by atoms with van der Waals surface area (Å²) in [6.07, 6.45) is 1.76. The second kappa shape index (κ2) is 18.4. The number of nitriles is 1. The summed E-state index contributed by atoms with van der Waals surface area (Å²) >= 11 is 0. The Hall–Kier alpha value is -0.970. The molecule has 6 heteroatoms. The molecule has 0 amide bonds. The van der Waals surface area contributed by atoms with E-state index < -0.39 is 0 Å². The van der Waals surface area contributed by atoms with E-state index in [1.165, 1.54) is 6.08 Å². The van der Waals surface area contributed by atoms with E-state index in [0.29, 0.717) is 19.2 Å². The first-order valence-electron chi connectivity index (χ1n) is 6.16. The summed E-state index contributed by atoms with van der Waals surface area (Å²) in [6, 6.07) is 1.69. The summed E-state index contributed by atoms with van der Waals surface area (Å²) in [5, 5.41) is 13.8. The van der Waals surface area contributed by atoms with Crippen molar-refractivity contribution >= 4 is 0 Å². The summed E-state index contributed by atoms with van der Waals surface area (Å²) in [5.74, 6) is 0. The average molecular weight is 257 g/mol. The fraction of sp³-hybridized carbons (Fsp3) is 0.750. The normalized spacial score (nSPS) is 15.3. The number of hydrogen-bond donors (Lipinski definition) is 4. The number of rotatable bonds is 7. The molecule has 6 N–H and O–H groups in total. The van der Waals surface area contributed by atoms with Gasteiger partial charge in [0.25, 0.3) is 0 Å². The maximum atomic E-state index is 7.51. The van der Waals surface area contributed by atoms with Gasteiger partial charge in [0.05, 0.1) is 18.8 Å². The van der Waals surface area contributed by atoms with E-state index in [1.54, 1.807) is 6.07 Å². The molecule has 18 heavy (non-hydrogen) atoms. The molecule has 0 radical (unpaired) electrons. The van der Waals surface area contributed by atoms with Crippen molar-refractivity contribution in [1.29, 1.82) is 5.26 Å². The highest BCUT2D eigenvalue weighted by atomic mass is 16.6. The fourth-order valence-electron chi connectivity index (χ4n) is 0.727. The van der Waals surface area contributed by atoms with Gasteiger partial charge >= 0.3 is 0 Å². The molecule has 0 aromatic rings. The lowest BCUT2D eigenvalue weighted by Crippen LogP contribution is -2.32. The summed E-state index contributed by atoms with van der Waals surface area (Å²) in [6.45, 7) is 11.3. The van der Waals surface area contributed by atoms with Gasteiger partial charge in [-0.25, -0.2) is 0 Å². The topological polar surface area (TPSA) is 112 Å². The van der Waals surface area contributed by atoms with E-state index in [1.807, 2.05) is 0 Å². The lowest BCUT2D eigenvalue weighted by atomic mass is 10.5. The van der Waals surface area contributed by atoms with Crippen molar-refractivity contribution in [2.75, 3.05) is 45.9 Å². The van der Waals surface area contributed by atoms with E-state index in [-0.39, 0.29) is 0 Å². The van der Waals surface area contributed by atoms with E-state index in [4.69, 9.17) is 21.5 Å². The number of nitrogens with zero attached hydrogens (tertiary/aromatic N) is 1. The molecule has 1 saturated heterocycles. The molecule has 6 nitrogen and oxygen atoms in total. The third-order valence-electron chi connectivity index (χ3n) is 1.71. The van der Waals surface area contributed by atoms with Crippen molar-refractivity contribution in [3.05, 3.63) is 12.7 Å². The van der Waals surface area contributed by atoms with Crippen LogP contribution in [-0.2, 0) is 4.74 Å². The van der Waals surface area contributed by atoms with Crippen LogP contribution in [0.3, 0.4) is 0 Å². The number of nitrogens with one attached hydrogen (secondary N) is 2. The molecule has 1 rings (SSSR count). The van der Waals surface area contributed by atoms with E-state index in [2.05, 4.69) is 24.1 Å². The number of nitrogens with two attached hydrogens (primary N) is 2. The SMILES string of the molecule is C=CC#N.CC1CO1.NCCNCCNCCN. The highest BCUT2D eigenvalue weighted by Crippen LogP contribution is 2.04. The minimum Gasteiger partial charge on any atom is -0.373 e. The predicted octanol–water partition coefficient (Wildman–Crippen LogP) is -0.816. The maximum absolute atomic E-state index is 7.51. The van der Waals surface area contributed by atoms with Crippen LogP contribution >= 0.6 is 0 Å². The first-order valence-corrected chi connectivity index (χ1v) is 6.16. The molecule has 0 aliphatic carbocycles. The zero-order valence-corrected chi connectivity index (χ0v) is 11.3. The largest absolute Gasteiger partial charge is 0.373 e. The molecule has 1 aliphatic heterocycles. The summed E-state index contributed by atoms with van der Waals surface area (Å²) in [5.41, 5.74) is 10.5. The molecule has 0 aromatic carbocycles. The van der Waals surface area contributed by atoms with Crippen molar-refractivity contribution < 1.29 is 4.74 Å². The molecule has 106 valence electrons. The summed E-state index contributed by atoms with van der Waals surface area (Å²) in [7, 11) is 0. The Balaban J connectivity index is 0. The lowest BCUT2D eigenvalue weighted by Gasteiger charge is -2.03. The predicted molar refractivity (Wildman–Crippen MR) is 75.1 cm³/mol. The van der Waals surface area contributed by atoms with Gasteiger partial charge in [0.15, 0.2) is 0 Å². The molecule has 1 aliphatic rings. The molecule has 1 fully saturated rings. The number of epoxide rings is 1. The molecular weight excluding hydrogens is 230 g/mol. The quantitative estimate of drug-likeness (QED) is 0.269. The van der Waals surface area contributed by atoms with Gasteiger partial charge in [0, 0.05) is 45.3 Å². The van der Waals surface area contributed by atoms with Gasteiger partial charge in [-0.1, -0.05) is 6.58 Å². The van der Waals surface area contributed by atoms with Gasteiger partial charge in [-0.3, -0.25) is 0 Å². The van der Waals surface area contributed by atoms with Gasteiger partial charge in [0.1, 0.15) is 0 Å². The minimum atomic E-state index is 0.583. The Bertz CT molecular complexity index is 193. The van der Waals surface area contributed by atoms with Crippen LogP contribution in [0.5, 0.6) is 0 Å². The second-order valence-electron chi connectivity index (χ2n) is 3.55. The van der Waals surface area contributed by atoms with Gasteiger partial charge < -0.3 is 26.8 Å². The molecule has 0 bridgehead atoms. The van der Waals surface area contributed by atoms with Crippen molar-refractivity contribution in [2.45, 2.75) is 13.0 Å². The van der Waals surface area contributed by atoms with Crippen molar-refractivity contribution in [1.82, 2.24) is 10.6 Å². The Kier molecular flexibility index (Phi) is 19.8. The Morgan fingerprint density at radius 3 is 1.78 bits per heavy atom. The zero-order valence-electron chi connectivity index (χ0n) is 11.3. The van der Waals surface area contributed by atoms with E-state index in [0.717, 1.165) is 32.8 Å². The van der Waals surface area contributed by atoms with Crippen LogP contribution < -0.4 is 22.1 Å². The van der Waals surface area contributed by atoms with Crippen molar-refractivity contribution in [3.8, 4) is 6.07 Å². The van der Waals surface area contributed by atoms with Gasteiger partial charge in [0.2, 0.25) is 0 Å². The molecule has 0 aromatic heterocycles. The summed E-state index contributed by atoms with van der Waals surface area (Å²) < 4.78 is 4.71. The molecule has 1 unspecified atom stereocenters. The van der Waals surface area contributed by atoms with Crippen LogP contribution in [0, 0.1) is 11.3 Å². The third-order valence-corrected chi connectivity index (χ3v) is 1.71. The van der Waals surface area contributed by atoms with Gasteiger partial charge in [-0.05, 0) is 6.92 Å². The first kappa shape index (κ1) is 19.4. The van der Waals surface area contributed by atoms with Crippen LogP contribution in [0.4, 0.5) is 0 Å². The van der Waals surface area contributed by atoms with E-state index in [9.17, 15) is 0 Å². The number of hydrogen-bond acceptors (Lipinski definition) is 6. The highest BCUT2D eigenvalue weighted by molar-refractivity contribution is 4.93. The Morgan fingerprint density at radius 1 is 1.28 bits per heavy atom. The maximum Gasteiger partial charge on any atom is 0.0905 e. The van der Waals surface area contributed by atoms with Crippen LogP contribution in [0.25, 0.3) is 0 Å².